The second-order valence-electron chi connectivity index (χ2n) is 5.19. The van der Waals surface area contributed by atoms with Crippen molar-refractivity contribution in [3.63, 3.8) is 0 Å². The van der Waals surface area contributed by atoms with Gasteiger partial charge in [0.15, 0.2) is 0 Å². The second kappa shape index (κ2) is 7.43. The van der Waals surface area contributed by atoms with Gasteiger partial charge in [0.2, 0.25) is 11.7 Å². The van der Waals surface area contributed by atoms with Gasteiger partial charge in [-0.25, -0.2) is 4.79 Å². The molecule has 0 saturated heterocycles. The minimum Gasteiger partial charge on any atom is -0.508 e. The van der Waals surface area contributed by atoms with E-state index in [1.807, 2.05) is 6.07 Å². The predicted octanol–water partition coefficient (Wildman–Crippen LogP) is 2.33. The molecule has 0 saturated carbocycles. The average Bonchev–Trinajstić information content (AvgIpc) is 3.08. The number of aromatic nitrogens is 3. The van der Waals surface area contributed by atoms with Crippen LogP contribution in [0.4, 0.5) is 0 Å². The fourth-order valence-electron chi connectivity index (χ4n) is 2.13. The minimum absolute atomic E-state index is 0.00514. The molecule has 0 unspecified atom stereocenters. The van der Waals surface area contributed by atoms with Crippen LogP contribution in [0, 0.1) is 0 Å². The molecule has 8 nitrogen and oxygen atoms in total. The van der Waals surface area contributed by atoms with Crippen LogP contribution >= 0.6 is 0 Å². The second-order valence-corrected chi connectivity index (χ2v) is 5.19. The molecule has 8 heteroatoms. The SMILES string of the molecule is O=C(OCCCc1nc(-c2cccnc2)no1)c1ccc(O)cc1O. The zero-order valence-electron chi connectivity index (χ0n) is 13.1. The summed E-state index contributed by atoms with van der Waals surface area (Å²) in [4.78, 5) is 20.1. The highest BCUT2D eigenvalue weighted by atomic mass is 16.5. The van der Waals surface area contributed by atoms with E-state index in [-0.39, 0.29) is 23.7 Å². The molecule has 0 atom stereocenters. The Kier molecular flexibility index (Phi) is 4.89. The number of carbonyl (C=O) groups excluding carboxylic acids is 1. The third kappa shape index (κ3) is 4.11. The highest BCUT2D eigenvalue weighted by Crippen LogP contribution is 2.23. The predicted molar refractivity (Wildman–Crippen MR) is 85.9 cm³/mol. The highest BCUT2D eigenvalue weighted by Gasteiger charge is 2.13. The van der Waals surface area contributed by atoms with Gasteiger partial charge in [-0.1, -0.05) is 5.16 Å². The number of rotatable bonds is 6. The van der Waals surface area contributed by atoms with Gasteiger partial charge in [0.25, 0.3) is 0 Å². The molecule has 2 aromatic heterocycles. The molecular weight excluding hydrogens is 326 g/mol. The summed E-state index contributed by atoms with van der Waals surface area (Å²) in [6, 6.07) is 7.28. The molecule has 0 radical (unpaired) electrons. The first-order chi connectivity index (χ1) is 12.1. The summed E-state index contributed by atoms with van der Waals surface area (Å²) >= 11 is 0. The lowest BCUT2D eigenvalue weighted by atomic mass is 10.2. The van der Waals surface area contributed by atoms with Crippen LogP contribution < -0.4 is 0 Å². The molecule has 0 aliphatic heterocycles. The van der Waals surface area contributed by atoms with Crippen LogP contribution in [0.5, 0.6) is 11.5 Å². The summed E-state index contributed by atoms with van der Waals surface area (Å²) in [6.45, 7) is 0.129. The molecule has 2 N–H and O–H groups in total. The van der Waals surface area contributed by atoms with Crippen molar-refractivity contribution in [2.75, 3.05) is 6.61 Å². The van der Waals surface area contributed by atoms with Crippen LogP contribution in [0.25, 0.3) is 11.4 Å². The van der Waals surface area contributed by atoms with Gasteiger partial charge in [-0.05, 0) is 30.7 Å². The van der Waals surface area contributed by atoms with Crippen molar-refractivity contribution in [2.24, 2.45) is 0 Å². The molecular formula is C17H15N3O5. The Morgan fingerprint density at radius 2 is 2.12 bits per heavy atom. The highest BCUT2D eigenvalue weighted by molar-refractivity contribution is 5.92. The number of pyridine rings is 1. The van der Waals surface area contributed by atoms with Crippen molar-refractivity contribution in [3.05, 3.63) is 54.2 Å². The number of phenols is 2. The number of hydrogen-bond donors (Lipinski definition) is 2. The lowest BCUT2D eigenvalue weighted by molar-refractivity contribution is 0.0495. The quantitative estimate of drug-likeness (QED) is 0.518. The molecule has 0 amide bonds. The molecule has 128 valence electrons. The zero-order chi connectivity index (χ0) is 17.6. The Morgan fingerprint density at radius 3 is 2.88 bits per heavy atom. The summed E-state index contributed by atoms with van der Waals surface area (Å²) in [5.74, 6) is -0.242. The van der Waals surface area contributed by atoms with E-state index < -0.39 is 5.97 Å². The maximum Gasteiger partial charge on any atom is 0.341 e. The van der Waals surface area contributed by atoms with Crippen molar-refractivity contribution < 1.29 is 24.3 Å². The Labute approximate surface area is 142 Å². The minimum atomic E-state index is -0.668. The number of phenolic OH excluding ortho intramolecular Hbond substituents is 2. The van der Waals surface area contributed by atoms with Gasteiger partial charge < -0.3 is 19.5 Å². The molecule has 3 rings (SSSR count). The summed E-state index contributed by atoms with van der Waals surface area (Å²) in [5, 5.41) is 22.7. The molecule has 0 fully saturated rings. The lowest BCUT2D eigenvalue weighted by Gasteiger charge is -2.05. The van der Waals surface area contributed by atoms with Crippen LogP contribution in [0.3, 0.4) is 0 Å². The zero-order valence-corrected chi connectivity index (χ0v) is 13.1. The van der Waals surface area contributed by atoms with Crippen LogP contribution in [0.1, 0.15) is 22.7 Å². The van der Waals surface area contributed by atoms with Crippen molar-refractivity contribution in [2.45, 2.75) is 12.8 Å². The molecule has 25 heavy (non-hydrogen) atoms. The molecule has 3 aromatic rings. The number of aromatic hydroxyl groups is 2. The van der Waals surface area contributed by atoms with E-state index in [4.69, 9.17) is 9.26 Å². The summed E-state index contributed by atoms with van der Waals surface area (Å²) in [6.07, 6.45) is 4.23. The van der Waals surface area contributed by atoms with Gasteiger partial charge in [-0.2, -0.15) is 4.98 Å². The number of nitrogens with zero attached hydrogens (tertiary/aromatic N) is 3. The normalized spacial score (nSPS) is 10.6. The number of esters is 1. The first kappa shape index (κ1) is 16.4. The topological polar surface area (TPSA) is 119 Å². The smallest absolute Gasteiger partial charge is 0.341 e. The number of aryl methyl sites for hydroxylation is 1. The Morgan fingerprint density at radius 1 is 1.24 bits per heavy atom. The van der Waals surface area contributed by atoms with Gasteiger partial charge in [-0.3, -0.25) is 4.98 Å². The van der Waals surface area contributed by atoms with E-state index in [9.17, 15) is 15.0 Å². The van der Waals surface area contributed by atoms with Gasteiger partial charge in [0, 0.05) is 30.4 Å². The van der Waals surface area contributed by atoms with Crippen LogP contribution in [-0.2, 0) is 11.2 Å². The average molecular weight is 341 g/mol. The number of ether oxygens (including phenoxy) is 1. The van der Waals surface area contributed by atoms with Crippen LogP contribution in [0.15, 0.2) is 47.2 Å². The molecule has 0 spiro atoms. The van der Waals surface area contributed by atoms with Crippen LogP contribution in [-0.4, -0.2) is 37.9 Å². The monoisotopic (exact) mass is 341 g/mol. The largest absolute Gasteiger partial charge is 0.508 e. The summed E-state index contributed by atoms with van der Waals surface area (Å²) in [5.41, 5.74) is 0.751. The number of carbonyl (C=O) groups is 1. The standard InChI is InChI=1S/C17H15N3O5/c21-12-5-6-13(14(22)9-12)17(23)24-8-2-4-15-19-16(20-25-15)11-3-1-7-18-10-11/h1,3,5-7,9-10,21-22H,2,4,8H2. The Bertz CT molecular complexity index is 864. The molecule has 2 heterocycles. The van der Waals surface area contributed by atoms with E-state index in [0.717, 1.165) is 11.6 Å². The molecule has 1 aromatic carbocycles. The van der Waals surface area contributed by atoms with Gasteiger partial charge in [0.05, 0.1) is 6.61 Å². The Hall–Kier alpha value is -3.42. The van der Waals surface area contributed by atoms with Gasteiger partial charge in [-0.15, -0.1) is 0 Å². The Balaban J connectivity index is 1.49. The third-order valence-electron chi connectivity index (χ3n) is 3.36. The van der Waals surface area contributed by atoms with Crippen molar-refractivity contribution >= 4 is 5.97 Å². The summed E-state index contributed by atoms with van der Waals surface area (Å²) < 4.78 is 10.2. The molecule has 0 aliphatic rings. The van der Waals surface area contributed by atoms with E-state index in [1.165, 1.54) is 12.1 Å². The number of benzene rings is 1. The van der Waals surface area contributed by atoms with Gasteiger partial charge >= 0.3 is 5.97 Å². The molecule has 0 bridgehead atoms. The third-order valence-corrected chi connectivity index (χ3v) is 3.36. The fourth-order valence-corrected chi connectivity index (χ4v) is 2.13. The first-order valence-corrected chi connectivity index (χ1v) is 7.55. The molecule has 0 aliphatic carbocycles. The van der Waals surface area contributed by atoms with E-state index in [1.54, 1.807) is 18.5 Å². The first-order valence-electron chi connectivity index (χ1n) is 7.55. The maximum atomic E-state index is 11.9. The van der Waals surface area contributed by atoms with Crippen molar-refractivity contribution in [1.29, 1.82) is 0 Å². The van der Waals surface area contributed by atoms with Crippen molar-refractivity contribution in [3.8, 4) is 22.9 Å². The maximum absolute atomic E-state index is 11.9. The number of hydrogen-bond acceptors (Lipinski definition) is 8. The van der Waals surface area contributed by atoms with E-state index >= 15 is 0 Å². The fraction of sp³-hybridized carbons (Fsp3) is 0.176. The van der Waals surface area contributed by atoms with Crippen molar-refractivity contribution in [1.82, 2.24) is 15.1 Å². The lowest BCUT2D eigenvalue weighted by Crippen LogP contribution is -2.07. The van der Waals surface area contributed by atoms with Gasteiger partial charge in [0.1, 0.15) is 17.1 Å². The van der Waals surface area contributed by atoms with E-state index in [0.29, 0.717) is 24.6 Å². The van der Waals surface area contributed by atoms with E-state index in [2.05, 4.69) is 15.1 Å². The summed E-state index contributed by atoms with van der Waals surface area (Å²) in [7, 11) is 0. The van der Waals surface area contributed by atoms with Crippen LogP contribution in [0.2, 0.25) is 0 Å².